The van der Waals surface area contributed by atoms with Gasteiger partial charge in [-0.1, -0.05) is 23.2 Å². The van der Waals surface area contributed by atoms with Crippen molar-refractivity contribution in [3.63, 3.8) is 0 Å². The third kappa shape index (κ3) is 4.49. The molecule has 0 aliphatic carbocycles. The van der Waals surface area contributed by atoms with Crippen LogP contribution in [0.4, 0.5) is 33.7 Å². The molecule has 0 heterocycles. The fourth-order valence-electron chi connectivity index (χ4n) is 1.66. The number of amides is 2. The van der Waals surface area contributed by atoms with Crippen molar-refractivity contribution in [1.82, 2.24) is 0 Å². The van der Waals surface area contributed by atoms with Crippen LogP contribution in [0.1, 0.15) is 5.56 Å². The van der Waals surface area contributed by atoms with E-state index in [0.29, 0.717) is 6.07 Å². The molecule has 0 fully saturated rings. The smallest absolute Gasteiger partial charge is 0.308 e. The topological polar surface area (TPSA) is 41.1 Å². The fourth-order valence-corrected chi connectivity index (χ4v) is 2.00. The van der Waals surface area contributed by atoms with Crippen molar-refractivity contribution in [2.24, 2.45) is 0 Å². The number of carbonyl (C=O) groups is 1. The van der Waals surface area contributed by atoms with Crippen LogP contribution in [0.25, 0.3) is 0 Å². The second kappa shape index (κ2) is 6.64. The zero-order valence-corrected chi connectivity index (χ0v) is 12.7. The van der Waals surface area contributed by atoms with E-state index >= 15 is 0 Å². The van der Waals surface area contributed by atoms with Gasteiger partial charge in [0.1, 0.15) is 5.82 Å². The van der Waals surface area contributed by atoms with E-state index in [-0.39, 0.29) is 21.4 Å². The first kappa shape index (κ1) is 17.4. The Balaban J connectivity index is 2.15. The lowest BCUT2D eigenvalue weighted by Gasteiger charge is -2.12. The summed E-state index contributed by atoms with van der Waals surface area (Å²) in [6, 6.07) is 5.11. The average Bonchev–Trinajstić information content (AvgIpc) is 2.44. The van der Waals surface area contributed by atoms with Gasteiger partial charge in [0.2, 0.25) is 0 Å². The molecule has 9 heteroatoms. The number of carbonyl (C=O) groups excluding carboxylic acids is 1. The normalized spacial score (nSPS) is 11.2. The Labute approximate surface area is 138 Å². The van der Waals surface area contributed by atoms with E-state index in [1.165, 1.54) is 6.07 Å². The Morgan fingerprint density at radius 2 is 1.65 bits per heavy atom. The Bertz CT molecular complexity index is 750. The predicted molar refractivity (Wildman–Crippen MR) is 80.5 cm³/mol. The van der Waals surface area contributed by atoms with Crippen molar-refractivity contribution in [1.29, 1.82) is 0 Å². The van der Waals surface area contributed by atoms with E-state index in [1.54, 1.807) is 0 Å². The monoisotopic (exact) mass is 366 g/mol. The number of hydrogen-bond acceptors (Lipinski definition) is 1. The molecule has 2 rings (SSSR count). The summed E-state index contributed by atoms with van der Waals surface area (Å²) in [6.07, 6.45) is -4.57. The number of halogens is 6. The molecule has 3 nitrogen and oxygen atoms in total. The number of hydrogen-bond donors (Lipinski definition) is 2. The molecule has 0 spiro atoms. The molecule has 0 saturated carbocycles. The Hall–Kier alpha value is -1.99. The van der Waals surface area contributed by atoms with Gasteiger partial charge >= 0.3 is 12.2 Å². The first-order valence-corrected chi connectivity index (χ1v) is 6.82. The lowest BCUT2D eigenvalue weighted by Crippen LogP contribution is -2.20. The Morgan fingerprint density at radius 1 is 0.957 bits per heavy atom. The maximum Gasteiger partial charge on any atom is 0.416 e. The van der Waals surface area contributed by atoms with Crippen LogP contribution in [0.3, 0.4) is 0 Å². The quantitative estimate of drug-likeness (QED) is 0.648. The molecule has 0 aromatic heterocycles. The lowest BCUT2D eigenvalue weighted by molar-refractivity contribution is -0.137. The summed E-state index contributed by atoms with van der Waals surface area (Å²) in [4.78, 5) is 11.8. The van der Waals surface area contributed by atoms with Gasteiger partial charge in [-0.05, 0) is 36.4 Å². The molecule has 0 aliphatic heterocycles. The summed E-state index contributed by atoms with van der Waals surface area (Å²) < 4.78 is 50.9. The summed E-state index contributed by atoms with van der Waals surface area (Å²) in [5.74, 6) is -0.668. The van der Waals surface area contributed by atoms with Crippen LogP contribution in [-0.4, -0.2) is 6.03 Å². The minimum atomic E-state index is -4.57. The minimum Gasteiger partial charge on any atom is -0.308 e. The zero-order valence-electron chi connectivity index (χ0n) is 11.1. The molecule has 0 aliphatic rings. The number of urea groups is 1. The van der Waals surface area contributed by atoms with Crippen molar-refractivity contribution < 1.29 is 22.4 Å². The van der Waals surface area contributed by atoms with E-state index in [4.69, 9.17) is 23.2 Å². The fraction of sp³-hybridized carbons (Fsp3) is 0.0714. The molecule has 23 heavy (non-hydrogen) atoms. The van der Waals surface area contributed by atoms with Crippen LogP contribution in [0.2, 0.25) is 10.0 Å². The van der Waals surface area contributed by atoms with Crippen molar-refractivity contribution in [3.05, 3.63) is 57.8 Å². The predicted octanol–water partition coefficient (Wildman–Crippen LogP) is 5.80. The summed E-state index contributed by atoms with van der Waals surface area (Å²) in [5, 5.41) is 4.22. The van der Waals surface area contributed by atoms with Crippen molar-refractivity contribution in [2.45, 2.75) is 6.18 Å². The van der Waals surface area contributed by atoms with Gasteiger partial charge in [-0.15, -0.1) is 0 Å². The third-order valence-corrected chi connectivity index (χ3v) is 3.34. The number of anilines is 2. The molecule has 2 amide bonds. The number of nitrogens with one attached hydrogen (secondary N) is 2. The van der Waals surface area contributed by atoms with Gasteiger partial charge in [-0.25, -0.2) is 9.18 Å². The van der Waals surface area contributed by atoms with Crippen LogP contribution in [0.5, 0.6) is 0 Å². The summed E-state index contributed by atoms with van der Waals surface area (Å²) in [5.41, 5.74) is -1.01. The largest absolute Gasteiger partial charge is 0.416 e. The van der Waals surface area contributed by atoms with E-state index in [2.05, 4.69) is 10.6 Å². The standard InChI is InChI=1S/C14H8Cl2F4N2O/c15-9-3-1-7(14(18,19)20)5-12(9)22-13(23)21-8-2-4-11(17)10(16)6-8/h1-6H,(H2,21,22,23). The van der Waals surface area contributed by atoms with Crippen molar-refractivity contribution >= 4 is 40.6 Å². The van der Waals surface area contributed by atoms with Crippen molar-refractivity contribution in [2.75, 3.05) is 10.6 Å². The van der Waals surface area contributed by atoms with Gasteiger partial charge in [0.15, 0.2) is 0 Å². The zero-order chi connectivity index (χ0) is 17.2. The highest BCUT2D eigenvalue weighted by Gasteiger charge is 2.31. The van der Waals surface area contributed by atoms with E-state index in [1.807, 2.05) is 0 Å². The van der Waals surface area contributed by atoms with Gasteiger partial charge in [0.05, 0.1) is 21.3 Å². The molecule has 2 aromatic carbocycles. The first-order chi connectivity index (χ1) is 10.7. The highest BCUT2D eigenvalue weighted by Crippen LogP contribution is 2.33. The van der Waals surface area contributed by atoms with Crippen LogP contribution < -0.4 is 10.6 Å². The highest BCUT2D eigenvalue weighted by atomic mass is 35.5. The maximum absolute atomic E-state index is 13.0. The van der Waals surface area contributed by atoms with Gasteiger partial charge in [-0.2, -0.15) is 13.2 Å². The van der Waals surface area contributed by atoms with E-state index in [0.717, 1.165) is 24.3 Å². The molecule has 0 radical (unpaired) electrons. The first-order valence-electron chi connectivity index (χ1n) is 6.06. The third-order valence-electron chi connectivity index (χ3n) is 2.72. The Kier molecular flexibility index (Phi) is 5.01. The van der Waals surface area contributed by atoms with Gasteiger partial charge in [-0.3, -0.25) is 0 Å². The minimum absolute atomic E-state index is 0.0645. The van der Waals surface area contributed by atoms with Crippen LogP contribution >= 0.6 is 23.2 Å². The molecular weight excluding hydrogens is 359 g/mol. The number of alkyl halides is 3. The second-order valence-corrected chi connectivity index (χ2v) is 5.21. The van der Waals surface area contributed by atoms with E-state index in [9.17, 15) is 22.4 Å². The maximum atomic E-state index is 13.0. The summed E-state index contributed by atoms with van der Waals surface area (Å²) in [7, 11) is 0. The SMILES string of the molecule is O=C(Nc1ccc(F)c(Cl)c1)Nc1cc(C(F)(F)F)ccc1Cl. The molecule has 2 N–H and O–H groups in total. The molecule has 0 atom stereocenters. The molecule has 0 saturated heterocycles. The van der Waals surface area contributed by atoms with Gasteiger partial charge < -0.3 is 10.6 Å². The number of rotatable bonds is 2. The molecule has 0 bridgehead atoms. The van der Waals surface area contributed by atoms with Crippen molar-refractivity contribution in [3.8, 4) is 0 Å². The summed E-state index contributed by atoms with van der Waals surface area (Å²) >= 11 is 11.3. The van der Waals surface area contributed by atoms with Gasteiger partial charge in [0, 0.05) is 5.69 Å². The van der Waals surface area contributed by atoms with Gasteiger partial charge in [0.25, 0.3) is 0 Å². The van der Waals surface area contributed by atoms with Crippen LogP contribution in [0, 0.1) is 5.82 Å². The van der Waals surface area contributed by atoms with Crippen LogP contribution in [0.15, 0.2) is 36.4 Å². The second-order valence-electron chi connectivity index (χ2n) is 4.40. The van der Waals surface area contributed by atoms with E-state index < -0.39 is 23.6 Å². The van der Waals surface area contributed by atoms with Crippen LogP contribution in [-0.2, 0) is 6.18 Å². The molecular formula is C14H8Cl2F4N2O. The molecule has 0 unspecified atom stereocenters. The highest BCUT2D eigenvalue weighted by molar-refractivity contribution is 6.34. The lowest BCUT2D eigenvalue weighted by atomic mass is 10.2. The average molecular weight is 367 g/mol. The summed E-state index contributed by atoms with van der Waals surface area (Å²) in [6.45, 7) is 0. The molecule has 122 valence electrons. The molecule has 2 aromatic rings. The Morgan fingerprint density at radius 3 is 2.26 bits per heavy atom. The number of benzene rings is 2.